The van der Waals surface area contributed by atoms with Gasteiger partial charge in [0.15, 0.2) is 0 Å². The third-order valence-electron chi connectivity index (χ3n) is 1.54. The molecule has 4 heteroatoms. The molecule has 1 nitrogen and oxygen atoms in total. The molecule has 0 unspecified atom stereocenters. The van der Waals surface area contributed by atoms with Crippen molar-refractivity contribution in [2.24, 2.45) is 0 Å². The molecule has 1 rings (SSSR count). The highest BCUT2D eigenvalue weighted by Crippen LogP contribution is 2.32. The van der Waals surface area contributed by atoms with Gasteiger partial charge in [0.05, 0.1) is 5.56 Å². The molecule has 0 spiro atoms. The van der Waals surface area contributed by atoms with Crippen molar-refractivity contribution in [3.63, 3.8) is 0 Å². The molecule has 0 saturated carbocycles. The average molecular weight is 206 g/mol. The SMILES string of the molecule is CC.Cc1ccc(C(F)(F)F)cc1O. The number of alkyl halides is 3. The third kappa shape index (κ3) is 3.28. The van der Waals surface area contributed by atoms with Crippen LogP contribution < -0.4 is 0 Å². The van der Waals surface area contributed by atoms with Gasteiger partial charge in [-0.3, -0.25) is 0 Å². The van der Waals surface area contributed by atoms with Crippen LogP contribution in [0.2, 0.25) is 0 Å². The maximum atomic E-state index is 12.0. The van der Waals surface area contributed by atoms with Crippen LogP contribution in [0.5, 0.6) is 5.75 Å². The lowest BCUT2D eigenvalue weighted by molar-refractivity contribution is -0.137. The molecule has 0 fully saturated rings. The highest BCUT2D eigenvalue weighted by molar-refractivity contribution is 5.36. The summed E-state index contributed by atoms with van der Waals surface area (Å²) in [7, 11) is 0. The number of aromatic hydroxyl groups is 1. The molecule has 0 saturated heterocycles. The van der Waals surface area contributed by atoms with Gasteiger partial charge in [0.1, 0.15) is 5.75 Å². The number of hydrogen-bond acceptors (Lipinski definition) is 1. The second-order valence-corrected chi connectivity index (χ2v) is 2.50. The van der Waals surface area contributed by atoms with E-state index in [4.69, 9.17) is 5.11 Å². The Morgan fingerprint density at radius 1 is 1.14 bits per heavy atom. The number of aryl methyl sites for hydroxylation is 1. The standard InChI is InChI=1S/C8H7F3O.C2H6/c1-5-2-3-6(4-7(5)12)8(9,10)11;1-2/h2-4,12H,1H3;1-2H3. The van der Waals surface area contributed by atoms with Crippen molar-refractivity contribution in [3.8, 4) is 5.75 Å². The van der Waals surface area contributed by atoms with Crippen LogP contribution in [-0.4, -0.2) is 5.11 Å². The van der Waals surface area contributed by atoms with E-state index in [1.165, 1.54) is 13.0 Å². The Bertz CT molecular complexity index is 292. The van der Waals surface area contributed by atoms with Crippen molar-refractivity contribution in [1.82, 2.24) is 0 Å². The fourth-order valence-electron chi connectivity index (χ4n) is 0.786. The summed E-state index contributed by atoms with van der Waals surface area (Å²) < 4.78 is 36.0. The van der Waals surface area contributed by atoms with Gasteiger partial charge in [-0.1, -0.05) is 19.9 Å². The van der Waals surface area contributed by atoms with E-state index in [9.17, 15) is 13.2 Å². The summed E-state index contributed by atoms with van der Waals surface area (Å²) >= 11 is 0. The van der Waals surface area contributed by atoms with Gasteiger partial charge in [-0.25, -0.2) is 0 Å². The first-order valence-corrected chi connectivity index (χ1v) is 4.28. The van der Waals surface area contributed by atoms with E-state index < -0.39 is 11.7 Å². The molecule has 0 amide bonds. The Morgan fingerprint density at radius 3 is 2.00 bits per heavy atom. The van der Waals surface area contributed by atoms with Crippen LogP contribution in [0.25, 0.3) is 0 Å². The summed E-state index contributed by atoms with van der Waals surface area (Å²) in [6, 6.07) is 2.89. The second-order valence-electron chi connectivity index (χ2n) is 2.50. The fourth-order valence-corrected chi connectivity index (χ4v) is 0.786. The number of hydrogen-bond donors (Lipinski definition) is 1. The van der Waals surface area contributed by atoms with Crippen molar-refractivity contribution >= 4 is 0 Å². The molecule has 0 bridgehead atoms. The summed E-state index contributed by atoms with van der Waals surface area (Å²) in [4.78, 5) is 0. The van der Waals surface area contributed by atoms with Crippen LogP contribution in [0.15, 0.2) is 18.2 Å². The van der Waals surface area contributed by atoms with Gasteiger partial charge >= 0.3 is 6.18 Å². The maximum Gasteiger partial charge on any atom is 0.416 e. The lowest BCUT2D eigenvalue weighted by atomic mass is 10.1. The summed E-state index contributed by atoms with van der Waals surface area (Å²) in [5.41, 5.74) is -0.395. The van der Waals surface area contributed by atoms with E-state index in [2.05, 4.69) is 0 Å². The monoisotopic (exact) mass is 206 g/mol. The number of halogens is 3. The van der Waals surface area contributed by atoms with E-state index in [-0.39, 0.29) is 5.75 Å². The Morgan fingerprint density at radius 2 is 1.64 bits per heavy atom. The van der Waals surface area contributed by atoms with Gasteiger partial charge < -0.3 is 5.11 Å². The van der Waals surface area contributed by atoms with Crippen LogP contribution in [-0.2, 0) is 6.18 Å². The van der Waals surface area contributed by atoms with E-state index in [0.717, 1.165) is 12.1 Å². The largest absolute Gasteiger partial charge is 0.508 e. The molecule has 0 atom stereocenters. The van der Waals surface area contributed by atoms with Gasteiger partial charge in [0.25, 0.3) is 0 Å². The molecule has 1 aromatic carbocycles. The van der Waals surface area contributed by atoms with Gasteiger partial charge in [-0.05, 0) is 24.6 Å². The zero-order valence-electron chi connectivity index (χ0n) is 8.31. The van der Waals surface area contributed by atoms with Crippen LogP contribution in [0, 0.1) is 6.92 Å². The van der Waals surface area contributed by atoms with E-state index in [1.807, 2.05) is 13.8 Å². The first kappa shape index (κ1) is 12.8. The summed E-state index contributed by atoms with van der Waals surface area (Å²) in [6.45, 7) is 5.54. The maximum absolute atomic E-state index is 12.0. The van der Waals surface area contributed by atoms with Gasteiger partial charge in [0.2, 0.25) is 0 Å². The topological polar surface area (TPSA) is 20.2 Å². The second kappa shape index (κ2) is 4.88. The minimum atomic E-state index is -4.38. The molecular weight excluding hydrogens is 193 g/mol. The lowest BCUT2D eigenvalue weighted by Gasteiger charge is -2.07. The molecule has 1 N–H and O–H groups in total. The minimum absolute atomic E-state index is 0.329. The first-order chi connectivity index (χ1) is 6.41. The van der Waals surface area contributed by atoms with Crippen molar-refractivity contribution in [2.75, 3.05) is 0 Å². The minimum Gasteiger partial charge on any atom is -0.508 e. The van der Waals surface area contributed by atoms with Crippen molar-refractivity contribution in [2.45, 2.75) is 26.9 Å². The predicted octanol–water partition coefficient (Wildman–Crippen LogP) is 3.75. The molecule has 80 valence electrons. The lowest BCUT2D eigenvalue weighted by Crippen LogP contribution is -2.04. The van der Waals surface area contributed by atoms with Crippen molar-refractivity contribution < 1.29 is 18.3 Å². The number of phenols is 1. The summed E-state index contributed by atoms with van der Waals surface area (Å²) in [5.74, 6) is -0.329. The fraction of sp³-hybridized carbons (Fsp3) is 0.400. The van der Waals surface area contributed by atoms with E-state index >= 15 is 0 Å². The number of benzene rings is 1. The van der Waals surface area contributed by atoms with Gasteiger partial charge in [0, 0.05) is 0 Å². The number of rotatable bonds is 0. The van der Waals surface area contributed by atoms with E-state index in [1.54, 1.807) is 0 Å². The zero-order chi connectivity index (χ0) is 11.4. The molecule has 0 aliphatic rings. The highest BCUT2D eigenvalue weighted by atomic mass is 19.4. The summed E-state index contributed by atoms with van der Waals surface area (Å²) in [6.07, 6.45) is -4.38. The molecule has 0 aromatic heterocycles. The van der Waals surface area contributed by atoms with Crippen LogP contribution in [0.3, 0.4) is 0 Å². The first-order valence-electron chi connectivity index (χ1n) is 4.28. The zero-order valence-corrected chi connectivity index (χ0v) is 8.31. The van der Waals surface area contributed by atoms with Crippen molar-refractivity contribution in [1.29, 1.82) is 0 Å². The Kier molecular flexibility index (Phi) is 4.47. The predicted molar refractivity (Wildman–Crippen MR) is 49.2 cm³/mol. The molecule has 14 heavy (non-hydrogen) atoms. The Hall–Kier alpha value is -1.19. The van der Waals surface area contributed by atoms with Crippen molar-refractivity contribution in [3.05, 3.63) is 29.3 Å². The van der Waals surface area contributed by atoms with Gasteiger partial charge in [-0.2, -0.15) is 13.2 Å². The van der Waals surface area contributed by atoms with Crippen LogP contribution in [0.4, 0.5) is 13.2 Å². The summed E-state index contributed by atoms with van der Waals surface area (Å²) in [5, 5.41) is 8.96. The van der Waals surface area contributed by atoms with E-state index in [0.29, 0.717) is 5.56 Å². The third-order valence-corrected chi connectivity index (χ3v) is 1.54. The van der Waals surface area contributed by atoms with Crippen LogP contribution >= 0.6 is 0 Å². The molecule has 0 aliphatic heterocycles. The number of phenolic OH excluding ortho intramolecular Hbond substituents is 1. The molecule has 0 heterocycles. The smallest absolute Gasteiger partial charge is 0.416 e. The average Bonchev–Trinajstić information content (AvgIpc) is 2.11. The normalized spacial score (nSPS) is 10.4. The molecule has 0 aliphatic carbocycles. The molecule has 1 aromatic rings. The Labute approximate surface area is 81.2 Å². The van der Waals surface area contributed by atoms with Gasteiger partial charge in [-0.15, -0.1) is 0 Å². The van der Waals surface area contributed by atoms with Crippen LogP contribution in [0.1, 0.15) is 25.0 Å². The highest BCUT2D eigenvalue weighted by Gasteiger charge is 2.30. The quantitative estimate of drug-likeness (QED) is 0.685. The molecular formula is C10H13F3O. The molecule has 0 radical (unpaired) electrons. The Balaban J connectivity index is 0.000000791.